The summed E-state index contributed by atoms with van der Waals surface area (Å²) in [5, 5.41) is 13.6. The second-order valence-corrected chi connectivity index (χ2v) is 9.92. The number of nitrogens with zero attached hydrogens (tertiary/aromatic N) is 1. The topological polar surface area (TPSA) is 78.9 Å². The van der Waals surface area contributed by atoms with Crippen LogP contribution in [-0.2, 0) is 16.1 Å². The number of carbonyl (C=O) groups excluding carboxylic acids is 2. The molecule has 2 aromatic carbocycles. The van der Waals surface area contributed by atoms with Gasteiger partial charge in [-0.3, -0.25) is 9.59 Å². The van der Waals surface area contributed by atoms with E-state index >= 15 is 0 Å². The highest BCUT2D eigenvalue weighted by atomic mass is 16.5. The summed E-state index contributed by atoms with van der Waals surface area (Å²) in [7, 11) is 1.60. The maximum Gasteiger partial charge on any atom is 0.237 e. The maximum atomic E-state index is 14.4. The Morgan fingerprint density at radius 3 is 2.63 bits per heavy atom. The molecule has 1 heterocycles. The van der Waals surface area contributed by atoms with Crippen LogP contribution in [0.1, 0.15) is 18.4 Å². The van der Waals surface area contributed by atoms with E-state index in [0.29, 0.717) is 24.4 Å². The van der Waals surface area contributed by atoms with Crippen LogP contribution in [0, 0.1) is 5.41 Å². The Morgan fingerprint density at radius 2 is 1.87 bits per heavy atom. The van der Waals surface area contributed by atoms with E-state index in [0.717, 1.165) is 27.9 Å². The van der Waals surface area contributed by atoms with Crippen LogP contribution in [-0.4, -0.2) is 35.0 Å². The van der Waals surface area contributed by atoms with Crippen LogP contribution in [0.2, 0.25) is 0 Å². The molecule has 2 N–H and O–H groups in total. The van der Waals surface area contributed by atoms with Gasteiger partial charge in [-0.15, -0.1) is 0 Å². The van der Waals surface area contributed by atoms with E-state index in [-0.39, 0.29) is 24.0 Å². The molecule has 190 valence electrons. The number of ether oxygens (including phenoxy) is 1. The molecule has 0 saturated carbocycles. The van der Waals surface area contributed by atoms with Crippen LogP contribution in [0.5, 0.6) is 5.75 Å². The Balaban J connectivity index is 1.52. The lowest BCUT2D eigenvalue weighted by Crippen LogP contribution is -2.61. The predicted octanol–water partition coefficient (Wildman–Crippen LogP) is 5.56. The second-order valence-electron chi connectivity index (χ2n) is 9.92. The standard InChI is InChI=1S/C32H28N2O4/c1-38-26-13-10-24(11-14-26)33-31(37)32-17-16-29(36)34(20-21-6-3-2-4-7-21)30(32)27-15-12-25(35)18-22-8-5-9-23(32)19-28(22)27/h2-15,18-19,30,35H,16-17,20H2,1H3,(H,33,37). The SMILES string of the molecule is COc1ccc(NC(=O)C23CCC(=O)N(Cc4ccccc4)C2C2=CC=C(O)C=C4C=CC=C3C=C42)cc1. The molecule has 2 amide bonds. The number of aliphatic hydroxyl groups is 1. The minimum Gasteiger partial charge on any atom is -0.508 e. The molecule has 0 spiro atoms. The third-order valence-electron chi connectivity index (χ3n) is 7.80. The normalized spacial score (nSPS) is 23.5. The molecular formula is C32H28N2O4. The number of allylic oxidation sites excluding steroid dienone is 8. The number of fused-ring (bicyclic) bond motifs is 4. The zero-order chi connectivity index (χ0) is 26.3. The molecule has 6 nitrogen and oxygen atoms in total. The van der Waals surface area contributed by atoms with E-state index < -0.39 is 11.5 Å². The van der Waals surface area contributed by atoms with Gasteiger partial charge in [-0.05, 0) is 76.8 Å². The van der Waals surface area contributed by atoms with Crippen molar-refractivity contribution in [2.75, 3.05) is 12.4 Å². The fourth-order valence-electron chi connectivity index (χ4n) is 5.97. The number of piperidine rings is 1. The molecule has 2 bridgehead atoms. The van der Waals surface area contributed by atoms with E-state index in [9.17, 15) is 14.7 Å². The second kappa shape index (κ2) is 9.38. The van der Waals surface area contributed by atoms with E-state index in [1.165, 1.54) is 0 Å². The van der Waals surface area contributed by atoms with Crippen LogP contribution in [0.3, 0.4) is 0 Å². The summed E-state index contributed by atoms with van der Waals surface area (Å²) in [5.74, 6) is 0.663. The lowest BCUT2D eigenvalue weighted by Gasteiger charge is -2.52. The number of likely N-dealkylation sites (tertiary alicyclic amines) is 1. The van der Waals surface area contributed by atoms with Crippen molar-refractivity contribution in [2.45, 2.75) is 25.4 Å². The van der Waals surface area contributed by atoms with Gasteiger partial charge in [0.2, 0.25) is 11.8 Å². The van der Waals surface area contributed by atoms with Crippen LogP contribution in [0.25, 0.3) is 0 Å². The Kier molecular flexibility index (Phi) is 5.87. The first-order valence-electron chi connectivity index (χ1n) is 12.7. The fourth-order valence-corrected chi connectivity index (χ4v) is 5.97. The average Bonchev–Trinajstić information content (AvgIpc) is 3.21. The first kappa shape index (κ1) is 23.8. The molecule has 3 aliphatic carbocycles. The first-order chi connectivity index (χ1) is 18.5. The smallest absolute Gasteiger partial charge is 0.237 e. The zero-order valence-electron chi connectivity index (χ0n) is 21.1. The minimum atomic E-state index is -1.02. The number of aliphatic hydroxyl groups excluding tert-OH is 1. The summed E-state index contributed by atoms with van der Waals surface area (Å²) in [5.41, 5.74) is 4.08. The predicted molar refractivity (Wildman–Crippen MR) is 146 cm³/mol. The molecule has 2 unspecified atom stereocenters. The first-order valence-corrected chi connectivity index (χ1v) is 12.7. The van der Waals surface area contributed by atoms with Crippen molar-refractivity contribution in [1.82, 2.24) is 4.90 Å². The summed E-state index contributed by atoms with van der Waals surface area (Å²) < 4.78 is 5.27. The maximum absolute atomic E-state index is 14.4. The summed E-state index contributed by atoms with van der Waals surface area (Å²) >= 11 is 0. The molecule has 2 atom stereocenters. The quantitative estimate of drug-likeness (QED) is 0.559. The van der Waals surface area contributed by atoms with Crippen molar-refractivity contribution in [3.8, 4) is 5.75 Å². The Labute approximate surface area is 221 Å². The number of anilines is 1. The van der Waals surface area contributed by atoms with Gasteiger partial charge in [0.05, 0.1) is 18.6 Å². The molecule has 0 radical (unpaired) electrons. The molecule has 6 rings (SSSR count). The third-order valence-corrected chi connectivity index (χ3v) is 7.80. The van der Waals surface area contributed by atoms with Gasteiger partial charge in [-0.1, -0.05) is 54.6 Å². The highest BCUT2D eigenvalue weighted by molar-refractivity contribution is 6.02. The van der Waals surface area contributed by atoms with Gasteiger partial charge in [0.1, 0.15) is 11.5 Å². The number of amides is 2. The van der Waals surface area contributed by atoms with Crippen LogP contribution >= 0.6 is 0 Å². The fraction of sp³-hybridized carbons (Fsp3) is 0.188. The third kappa shape index (κ3) is 3.89. The largest absolute Gasteiger partial charge is 0.508 e. The van der Waals surface area contributed by atoms with Crippen molar-refractivity contribution in [2.24, 2.45) is 5.41 Å². The number of carbonyl (C=O) groups is 2. The lowest BCUT2D eigenvalue weighted by molar-refractivity contribution is -0.145. The van der Waals surface area contributed by atoms with Gasteiger partial charge in [0, 0.05) is 18.7 Å². The monoisotopic (exact) mass is 504 g/mol. The molecule has 0 aromatic heterocycles. The average molecular weight is 505 g/mol. The van der Waals surface area contributed by atoms with Crippen molar-refractivity contribution < 1.29 is 19.4 Å². The molecule has 1 aliphatic heterocycles. The van der Waals surface area contributed by atoms with E-state index in [1.54, 1.807) is 19.3 Å². The number of rotatable bonds is 5. The lowest BCUT2D eigenvalue weighted by atomic mass is 9.60. The summed E-state index contributed by atoms with van der Waals surface area (Å²) in [6.45, 7) is 0.377. The highest BCUT2D eigenvalue weighted by Crippen LogP contribution is 2.54. The summed E-state index contributed by atoms with van der Waals surface area (Å²) in [6, 6.07) is 16.5. The van der Waals surface area contributed by atoms with E-state index in [2.05, 4.69) is 5.32 Å². The molecular weight excluding hydrogens is 476 g/mol. The van der Waals surface area contributed by atoms with E-state index in [4.69, 9.17) is 4.74 Å². The Morgan fingerprint density at radius 1 is 1.08 bits per heavy atom. The molecule has 1 fully saturated rings. The Bertz CT molecular complexity index is 1490. The highest BCUT2D eigenvalue weighted by Gasteiger charge is 2.58. The number of benzene rings is 2. The van der Waals surface area contributed by atoms with Gasteiger partial charge in [-0.2, -0.15) is 0 Å². The van der Waals surface area contributed by atoms with Gasteiger partial charge in [0.15, 0.2) is 0 Å². The van der Waals surface area contributed by atoms with Crippen molar-refractivity contribution in [3.05, 3.63) is 131 Å². The van der Waals surface area contributed by atoms with E-state index in [1.807, 2.05) is 89.9 Å². The minimum absolute atomic E-state index is 0.00316. The van der Waals surface area contributed by atoms with Crippen molar-refractivity contribution in [1.29, 1.82) is 0 Å². The molecule has 1 saturated heterocycles. The zero-order valence-corrected chi connectivity index (χ0v) is 21.1. The number of nitrogens with one attached hydrogen (secondary N) is 1. The molecule has 4 aliphatic rings. The number of hydrogen-bond acceptors (Lipinski definition) is 4. The van der Waals surface area contributed by atoms with Gasteiger partial charge >= 0.3 is 0 Å². The van der Waals surface area contributed by atoms with Crippen LogP contribution in [0.4, 0.5) is 5.69 Å². The van der Waals surface area contributed by atoms with Crippen molar-refractivity contribution >= 4 is 17.5 Å². The Hall–Kier alpha value is -4.58. The van der Waals surface area contributed by atoms with Gasteiger partial charge in [0.25, 0.3) is 0 Å². The van der Waals surface area contributed by atoms with Gasteiger partial charge < -0.3 is 20.1 Å². The number of methoxy groups -OCH3 is 1. The van der Waals surface area contributed by atoms with Gasteiger partial charge in [-0.25, -0.2) is 0 Å². The molecule has 38 heavy (non-hydrogen) atoms. The van der Waals surface area contributed by atoms with Crippen LogP contribution < -0.4 is 10.1 Å². The number of hydrogen-bond donors (Lipinski definition) is 2. The molecule has 6 heteroatoms. The molecule has 2 aromatic rings. The summed E-state index contributed by atoms with van der Waals surface area (Å²) in [4.78, 5) is 29.9. The van der Waals surface area contributed by atoms with Crippen molar-refractivity contribution in [3.63, 3.8) is 0 Å². The summed E-state index contributed by atoms with van der Waals surface area (Å²) in [6.07, 6.45) is 13.7. The van der Waals surface area contributed by atoms with Crippen LogP contribution in [0.15, 0.2) is 125 Å².